The molecule has 4 heteroatoms. The van der Waals surface area contributed by atoms with Gasteiger partial charge in [-0.1, -0.05) is 15.9 Å². The molecule has 0 atom stereocenters. The van der Waals surface area contributed by atoms with E-state index in [9.17, 15) is 0 Å². The Balaban J connectivity index is 2.74. The molecule has 0 spiro atoms. The van der Waals surface area contributed by atoms with Crippen molar-refractivity contribution in [3.63, 3.8) is 0 Å². The van der Waals surface area contributed by atoms with Crippen molar-refractivity contribution in [1.82, 2.24) is 0 Å². The zero-order valence-corrected chi connectivity index (χ0v) is 7.89. The van der Waals surface area contributed by atoms with Crippen molar-refractivity contribution in [2.75, 3.05) is 5.32 Å². The Hall–Kier alpha value is -0.380. The van der Waals surface area contributed by atoms with Gasteiger partial charge in [0.15, 0.2) is 0 Å². The van der Waals surface area contributed by atoms with Crippen LogP contribution in [0, 0.1) is 0 Å². The van der Waals surface area contributed by atoms with E-state index in [2.05, 4.69) is 30.2 Å². The Labute approximate surface area is 81.2 Å². The fraction of sp³-hybridized carbons (Fsp3) is 0. The van der Waals surface area contributed by atoms with E-state index in [1.807, 2.05) is 12.1 Å². The number of anilines is 1. The molecule has 1 nitrogen and oxygen atoms in total. The van der Waals surface area contributed by atoms with Crippen LogP contribution in [0.4, 0.5) is 5.69 Å². The van der Waals surface area contributed by atoms with Gasteiger partial charge in [-0.2, -0.15) is 0 Å². The predicted molar refractivity (Wildman–Crippen MR) is 55.0 cm³/mol. The number of halogens is 1. The molecule has 1 rings (SSSR count). The highest BCUT2D eigenvalue weighted by molar-refractivity contribution is 8.00. The van der Waals surface area contributed by atoms with Crippen molar-refractivity contribution in [2.45, 2.75) is 0 Å². The van der Waals surface area contributed by atoms with Crippen LogP contribution in [0.15, 0.2) is 24.3 Å². The van der Waals surface area contributed by atoms with Crippen LogP contribution in [-0.2, 0) is 12.6 Å². The molecule has 0 unspecified atom stereocenters. The van der Waals surface area contributed by atoms with E-state index in [4.69, 9.17) is 11.6 Å². The molecule has 11 heavy (non-hydrogen) atoms. The van der Waals surface area contributed by atoms with Crippen LogP contribution in [0.2, 0.25) is 5.02 Å². The van der Waals surface area contributed by atoms with Gasteiger partial charge in [-0.25, -0.2) is 0 Å². The van der Waals surface area contributed by atoms with Crippen molar-refractivity contribution >= 4 is 46.5 Å². The van der Waals surface area contributed by atoms with Crippen LogP contribution < -0.4 is 5.32 Å². The van der Waals surface area contributed by atoms with Gasteiger partial charge in [-0.3, -0.25) is 0 Å². The van der Waals surface area contributed by atoms with E-state index in [1.54, 1.807) is 12.1 Å². The van der Waals surface area contributed by atoms with Crippen LogP contribution in [0.1, 0.15) is 0 Å². The Morgan fingerprint density at radius 1 is 1.36 bits per heavy atom. The SMILES string of the molecule is S=C([S-])Nc1ccc(Cl)cc1. The zero-order valence-electron chi connectivity index (χ0n) is 5.50. The summed E-state index contributed by atoms with van der Waals surface area (Å²) in [6.07, 6.45) is 0. The molecule has 1 aromatic rings. The fourth-order valence-electron chi connectivity index (χ4n) is 0.651. The maximum absolute atomic E-state index is 5.66. The molecular formula is C7H5ClNS2-. The summed E-state index contributed by atoms with van der Waals surface area (Å²) in [5, 5.41) is 3.52. The molecule has 0 bridgehead atoms. The van der Waals surface area contributed by atoms with E-state index >= 15 is 0 Å². The van der Waals surface area contributed by atoms with Crippen molar-refractivity contribution in [1.29, 1.82) is 0 Å². The molecule has 58 valence electrons. The largest absolute Gasteiger partial charge is 0.411 e. The highest BCUT2D eigenvalue weighted by Gasteiger charge is 1.88. The molecule has 0 aliphatic rings. The van der Waals surface area contributed by atoms with Crippen LogP contribution in [0.5, 0.6) is 0 Å². The molecule has 0 aliphatic heterocycles. The molecule has 1 N–H and O–H groups in total. The minimum Gasteiger partial charge on any atom is -0.411 e. The molecule has 0 heterocycles. The summed E-state index contributed by atoms with van der Waals surface area (Å²) in [6.45, 7) is 0. The van der Waals surface area contributed by atoms with Crippen molar-refractivity contribution in [2.24, 2.45) is 0 Å². The molecule has 0 aromatic heterocycles. The van der Waals surface area contributed by atoms with Gasteiger partial charge in [0.05, 0.1) is 0 Å². The number of hydrogen-bond acceptors (Lipinski definition) is 2. The minimum atomic E-state index is 0.340. The van der Waals surface area contributed by atoms with Crippen LogP contribution in [0.25, 0.3) is 0 Å². The second-order valence-electron chi connectivity index (χ2n) is 1.92. The summed E-state index contributed by atoms with van der Waals surface area (Å²) in [5.74, 6) is 0. The highest BCUT2D eigenvalue weighted by atomic mass is 35.5. The second kappa shape index (κ2) is 3.85. The monoisotopic (exact) mass is 202 g/mol. The van der Waals surface area contributed by atoms with Crippen molar-refractivity contribution < 1.29 is 0 Å². The number of benzene rings is 1. The molecule has 0 saturated carbocycles. The van der Waals surface area contributed by atoms with Gasteiger partial charge in [0.2, 0.25) is 0 Å². The molecule has 0 amide bonds. The number of nitrogens with one attached hydrogen (secondary N) is 1. The van der Waals surface area contributed by atoms with E-state index in [0.29, 0.717) is 9.34 Å². The Bertz CT molecular complexity index is 258. The summed E-state index contributed by atoms with van der Waals surface area (Å²) in [5.41, 5.74) is 0.870. The zero-order chi connectivity index (χ0) is 8.27. The summed E-state index contributed by atoms with van der Waals surface area (Å²) in [6, 6.07) is 7.19. The third kappa shape index (κ3) is 3.01. The fourth-order valence-corrected chi connectivity index (χ4v) is 1.01. The Morgan fingerprint density at radius 3 is 2.36 bits per heavy atom. The second-order valence-corrected chi connectivity index (χ2v) is 3.43. The lowest BCUT2D eigenvalue weighted by atomic mass is 10.3. The molecule has 0 fully saturated rings. The molecule has 0 saturated heterocycles. The standard InChI is InChI=1S/C7H6ClNS2/c8-5-1-3-6(4-2-5)9-7(10)11/h1-4H,(H2,9,10,11)/p-1. The maximum Gasteiger partial charge on any atom is 0.0407 e. The molecule has 0 aliphatic carbocycles. The van der Waals surface area contributed by atoms with Gasteiger partial charge in [0.1, 0.15) is 0 Å². The van der Waals surface area contributed by atoms with E-state index < -0.39 is 0 Å². The van der Waals surface area contributed by atoms with Gasteiger partial charge >= 0.3 is 0 Å². The first-order chi connectivity index (χ1) is 5.18. The summed E-state index contributed by atoms with van der Waals surface area (Å²) < 4.78 is 0.340. The summed E-state index contributed by atoms with van der Waals surface area (Å²) in [7, 11) is 0. The first-order valence-electron chi connectivity index (χ1n) is 2.92. The number of thiocarbonyl (C=S) groups is 1. The van der Waals surface area contributed by atoms with Crippen LogP contribution in [0.3, 0.4) is 0 Å². The van der Waals surface area contributed by atoms with Crippen LogP contribution >= 0.6 is 23.8 Å². The van der Waals surface area contributed by atoms with E-state index in [-0.39, 0.29) is 0 Å². The summed E-state index contributed by atoms with van der Waals surface area (Å²) >= 11 is 15.0. The lowest BCUT2D eigenvalue weighted by Crippen LogP contribution is -2.03. The third-order valence-electron chi connectivity index (χ3n) is 1.09. The predicted octanol–water partition coefficient (Wildman–Crippen LogP) is 2.58. The lowest BCUT2D eigenvalue weighted by molar-refractivity contribution is 1.66. The topological polar surface area (TPSA) is 12.0 Å². The van der Waals surface area contributed by atoms with Gasteiger partial charge < -0.3 is 30.2 Å². The lowest BCUT2D eigenvalue weighted by Gasteiger charge is -2.08. The third-order valence-corrected chi connectivity index (χ3v) is 1.55. The Kier molecular flexibility index (Phi) is 3.05. The molecular weight excluding hydrogens is 198 g/mol. The van der Waals surface area contributed by atoms with E-state index in [0.717, 1.165) is 5.69 Å². The normalized spacial score (nSPS) is 9.18. The molecule has 0 radical (unpaired) electrons. The van der Waals surface area contributed by atoms with Gasteiger partial charge in [-0.05, 0) is 24.3 Å². The Morgan fingerprint density at radius 2 is 1.91 bits per heavy atom. The average molecular weight is 203 g/mol. The quantitative estimate of drug-likeness (QED) is 0.556. The maximum atomic E-state index is 5.66. The van der Waals surface area contributed by atoms with Gasteiger partial charge in [0.25, 0.3) is 0 Å². The summed E-state index contributed by atoms with van der Waals surface area (Å²) in [4.78, 5) is 0. The van der Waals surface area contributed by atoms with Gasteiger partial charge in [-0.15, -0.1) is 0 Å². The number of rotatable bonds is 1. The minimum absolute atomic E-state index is 0.340. The van der Waals surface area contributed by atoms with E-state index in [1.165, 1.54) is 0 Å². The first kappa shape index (κ1) is 8.71. The highest BCUT2D eigenvalue weighted by Crippen LogP contribution is 2.12. The average Bonchev–Trinajstić information content (AvgIpc) is 1.93. The van der Waals surface area contributed by atoms with Crippen LogP contribution in [-0.4, -0.2) is 4.32 Å². The smallest absolute Gasteiger partial charge is 0.0407 e. The van der Waals surface area contributed by atoms with Crippen molar-refractivity contribution in [3.05, 3.63) is 29.3 Å². The molecule has 1 aromatic carbocycles. The van der Waals surface area contributed by atoms with Crippen molar-refractivity contribution in [3.8, 4) is 0 Å². The van der Waals surface area contributed by atoms with Gasteiger partial charge in [0, 0.05) is 10.7 Å². The number of hydrogen-bond donors (Lipinski definition) is 1. The first-order valence-corrected chi connectivity index (χ1v) is 4.11.